The zero-order chi connectivity index (χ0) is 17.1. The summed E-state index contributed by atoms with van der Waals surface area (Å²) >= 11 is 0. The molecule has 25 heavy (non-hydrogen) atoms. The van der Waals surface area contributed by atoms with Crippen LogP contribution in [0.1, 0.15) is 29.7 Å². The van der Waals surface area contributed by atoms with E-state index in [1.165, 1.54) is 32.3 Å². The largest absolute Gasteiger partial charge is 0.450 e. The lowest BCUT2D eigenvalue weighted by Gasteiger charge is -2.25. The number of hydrogen-bond donors (Lipinski definition) is 0. The van der Waals surface area contributed by atoms with Gasteiger partial charge in [-0.15, -0.1) is 0 Å². The number of carbonyl (C=O) groups excluding carboxylic acids is 1. The van der Waals surface area contributed by atoms with Crippen LogP contribution in [-0.2, 0) is 9.53 Å². The van der Waals surface area contributed by atoms with E-state index < -0.39 is 6.10 Å². The molecule has 0 heterocycles. The van der Waals surface area contributed by atoms with E-state index in [1.807, 2.05) is 6.08 Å². The summed E-state index contributed by atoms with van der Waals surface area (Å²) in [6, 6.07) is 10.7. The van der Waals surface area contributed by atoms with E-state index in [9.17, 15) is 4.79 Å². The molecule has 3 aromatic carbocycles. The number of hydrogen-bond acceptors (Lipinski definition) is 2. The molecule has 0 spiro atoms. The number of ether oxygens (including phenoxy) is 1. The van der Waals surface area contributed by atoms with Gasteiger partial charge in [-0.2, -0.15) is 0 Å². The van der Waals surface area contributed by atoms with Crippen LogP contribution in [0.4, 0.5) is 0 Å². The Labute approximate surface area is 145 Å². The van der Waals surface area contributed by atoms with Gasteiger partial charge < -0.3 is 4.74 Å². The Morgan fingerprint density at radius 1 is 1.12 bits per heavy atom. The van der Waals surface area contributed by atoms with Crippen LogP contribution in [0.5, 0.6) is 0 Å². The van der Waals surface area contributed by atoms with Gasteiger partial charge in [-0.05, 0) is 50.9 Å². The van der Waals surface area contributed by atoms with Crippen LogP contribution in [0, 0.1) is 0 Å². The van der Waals surface area contributed by atoms with Crippen molar-refractivity contribution in [3.8, 4) is 0 Å². The minimum Gasteiger partial charge on any atom is -0.450 e. The minimum atomic E-state index is -0.392. The molecule has 5 rings (SSSR count). The number of allylic oxidation sites excluding steroid dienone is 1. The van der Waals surface area contributed by atoms with E-state index in [-0.39, 0.29) is 5.97 Å². The van der Waals surface area contributed by atoms with Crippen molar-refractivity contribution >= 4 is 45.7 Å². The van der Waals surface area contributed by atoms with Crippen LogP contribution in [0.25, 0.3) is 39.8 Å². The fraction of sp³-hybridized carbons (Fsp3) is 0.0870. The Morgan fingerprint density at radius 3 is 2.84 bits per heavy atom. The Kier molecular flexibility index (Phi) is 2.81. The second-order valence-electron chi connectivity index (χ2n) is 6.67. The van der Waals surface area contributed by atoms with E-state index >= 15 is 0 Å². The standard InChI is InChI=1S/C23H16O2/c1-13(2)23(24)25-19-12-11-15-10-9-14-5-3-7-17-16-6-4-8-18(16)22(19)21(15)20(14)17/h3-12,19H,1H2,2H3. The van der Waals surface area contributed by atoms with Crippen LogP contribution in [0.3, 0.4) is 0 Å². The maximum atomic E-state index is 12.1. The summed E-state index contributed by atoms with van der Waals surface area (Å²) in [7, 11) is 0. The molecular formula is C23H16O2. The van der Waals surface area contributed by atoms with Crippen LogP contribution >= 0.6 is 0 Å². The first-order valence-corrected chi connectivity index (χ1v) is 8.39. The number of fused-ring (bicyclic) bond motifs is 3. The highest BCUT2D eigenvalue weighted by molar-refractivity contribution is 6.16. The zero-order valence-electron chi connectivity index (χ0n) is 13.9. The Morgan fingerprint density at radius 2 is 2.00 bits per heavy atom. The summed E-state index contributed by atoms with van der Waals surface area (Å²) in [5, 5.41) is 6.10. The quantitative estimate of drug-likeness (QED) is 0.504. The van der Waals surface area contributed by atoms with E-state index in [1.54, 1.807) is 6.92 Å². The molecule has 0 saturated heterocycles. The highest BCUT2D eigenvalue weighted by Crippen LogP contribution is 2.41. The van der Waals surface area contributed by atoms with Crippen molar-refractivity contribution in [3.63, 3.8) is 0 Å². The third-order valence-electron chi connectivity index (χ3n) is 5.06. The second kappa shape index (κ2) is 4.93. The summed E-state index contributed by atoms with van der Waals surface area (Å²) in [5.41, 5.74) is 3.81. The molecule has 0 bridgehead atoms. The number of esters is 1. The highest BCUT2D eigenvalue weighted by atomic mass is 16.5. The third kappa shape index (κ3) is 1.88. The van der Waals surface area contributed by atoms with E-state index in [0.717, 1.165) is 11.1 Å². The fourth-order valence-electron chi connectivity index (χ4n) is 3.97. The van der Waals surface area contributed by atoms with Crippen molar-refractivity contribution in [3.05, 3.63) is 76.5 Å². The van der Waals surface area contributed by atoms with Gasteiger partial charge in [-0.1, -0.05) is 61.2 Å². The van der Waals surface area contributed by atoms with Gasteiger partial charge in [0.2, 0.25) is 0 Å². The molecule has 2 heteroatoms. The lowest BCUT2D eigenvalue weighted by atomic mass is 9.84. The summed E-state index contributed by atoms with van der Waals surface area (Å²) in [6.07, 6.45) is 9.95. The maximum Gasteiger partial charge on any atom is 0.334 e. The first kappa shape index (κ1) is 14.2. The van der Waals surface area contributed by atoms with Crippen LogP contribution in [-0.4, -0.2) is 5.97 Å². The smallest absolute Gasteiger partial charge is 0.334 e. The number of carbonyl (C=O) groups is 1. The molecule has 0 radical (unpaired) electrons. The summed E-state index contributed by atoms with van der Waals surface area (Å²) in [4.78, 5) is 12.1. The van der Waals surface area contributed by atoms with Gasteiger partial charge in [-0.3, -0.25) is 0 Å². The first-order valence-electron chi connectivity index (χ1n) is 8.39. The Balaban J connectivity index is 1.91. The van der Waals surface area contributed by atoms with Gasteiger partial charge in [0.1, 0.15) is 6.10 Å². The van der Waals surface area contributed by atoms with E-state index in [2.05, 4.69) is 61.2 Å². The monoisotopic (exact) mass is 324 g/mol. The SMILES string of the molecule is C=C(C)C(=O)OC1C=Cc2ccc3cccc4c5c(c1c2c34)C=CC=5. The van der Waals surface area contributed by atoms with Crippen molar-refractivity contribution in [2.24, 2.45) is 0 Å². The highest BCUT2D eigenvalue weighted by Gasteiger charge is 2.27. The summed E-state index contributed by atoms with van der Waals surface area (Å²) in [5.74, 6) is -0.357. The van der Waals surface area contributed by atoms with Crippen molar-refractivity contribution < 1.29 is 9.53 Å². The Bertz CT molecular complexity index is 1210. The van der Waals surface area contributed by atoms with Crippen molar-refractivity contribution in [2.75, 3.05) is 0 Å². The minimum absolute atomic E-state index is 0.357. The first-order chi connectivity index (χ1) is 12.1. The van der Waals surface area contributed by atoms with Gasteiger partial charge in [0.05, 0.1) is 0 Å². The van der Waals surface area contributed by atoms with Gasteiger partial charge in [0, 0.05) is 11.1 Å². The van der Waals surface area contributed by atoms with Gasteiger partial charge in [0.15, 0.2) is 0 Å². The summed E-state index contributed by atoms with van der Waals surface area (Å²) in [6.45, 7) is 5.38. The molecule has 0 fully saturated rings. The average molecular weight is 324 g/mol. The van der Waals surface area contributed by atoms with E-state index in [4.69, 9.17) is 4.74 Å². The molecule has 120 valence electrons. The van der Waals surface area contributed by atoms with Crippen molar-refractivity contribution in [1.82, 2.24) is 0 Å². The third-order valence-corrected chi connectivity index (χ3v) is 5.06. The lowest BCUT2D eigenvalue weighted by Crippen LogP contribution is -2.18. The molecule has 1 unspecified atom stereocenters. The maximum absolute atomic E-state index is 12.1. The molecule has 0 amide bonds. The van der Waals surface area contributed by atoms with Gasteiger partial charge in [0.25, 0.3) is 0 Å². The molecule has 2 aliphatic rings. The van der Waals surface area contributed by atoms with Gasteiger partial charge >= 0.3 is 5.97 Å². The molecule has 2 aliphatic carbocycles. The molecule has 0 N–H and O–H groups in total. The second-order valence-corrected chi connectivity index (χ2v) is 6.67. The zero-order valence-corrected chi connectivity index (χ0v) is 13.9. The fourth-order valence-corrected chi connectivity index (χ4v) is 3.97. The molecule has 3 aromatic rings. The summed E-state index contributed by atoms with van der Waals surface area (Å²) < 4.78 is 5.76. The molecule has 0 aliphatic heterocycles. The average Bonchev–Trinajstić information content (AvgIpc) is 3.10. The van der Waals surface area contributed by atoms with Gasteiger partial charge in [-0.25, -0.2) is 4.79 Å². The molecule has 1 atom stereocenters. The van der Waals surface area contributed by atoms with Crippen molar-refractivity contribution in [2.45, 2.75) is 13.0 Å². The molecule has 2 nitrogen and oxygen atoms in total. The topological polar surface area (TPSA) is 26.3 Å². The van der Waals surface area contributed by atoms with Crippen LogP contribution < -0.4 is 5.22 Å². The predicted molar refractivity (Wildman–Crippen MR) is 103 cm³/mol. The normalized spacial score (nSPS) is 16.9. The van der Waals surface area contributed by atoms with Crippen LogP contribution in [0.15, 0.2) is 54.6 Å². The Hall–Kier alpha value is -3.13. The molecular weight excluding hydrogens is 308 g/mol. The van der Waals surface area contributed by atoms with Crippen LogP contribution in [0.2, 0.25) is 0 Å². The molecule has 0 aromatic heterocycles. The number of rotatable bonds is 2. The molecule has 0 saturated carbocycles. The van der Waals surface area contributed by atoms with Crippen molar-refractivity contribution in [1.29, 1.82) is 0 Å². The lowest BCUT2D eigenvalue weighted by molar-refractivity contribution is -0.142. The predicted octanol–water partition coefficient (Wildman–Crippen LogP) is 4.71. The number of benzene rings is 3. The van der Waals surface area contributed by atoms with E-state index in [0.29, 0.717) is 5.57 Å².